The second kappa shape index (κ2) is 8.01. The minimum Gasteiger partial charge on any atom is -0.874 e. The van der Waals surface area contributed by atoms with Crippen LogP contribution < -0.4 is 14.9 Å². The topological polar surface area (TPSA) is 133 Å². The summed E-state index contributed by atoms with van der Waals surface area (Å²) < 4.78 is 0. The van der Waals surface area contributed by atoms with Crippen molar-refractivity contribution in [2.45, 2.75) is 38.5 Å². The number of carbonyl (C=O) groups is 1. The predicted octanol–water partition coefficient (Wildman–Crippen LogP) is 4.24. The number of nitrogens with zero attached hydrogens (tertiary/aromatic N) is 4. The molecule has 10 nitrogen and oxygen atoms in total. The Morgan fingerprint density at radius 2 is 1.26 bits per heavy atom. The first-order valence-corrected chi connectivity index (χ1v) is 12.1. The molecule has 1 aliphatic carbocycles. The van der Waals surface area contributed by atoms with Gasteiger partial charge in [0.05, 0.1) is 15.8 Å². The Morgan fingerprint density at radius 1 is 0.816 bits per heavy atom. The van der Waals surface area contributed by atoms with Gasteiger partial charge in [0.25, 0.3) is 11.4 Å². The molecule has 2 aromatic carbocycles. The molecule has 0 aromatic heterocycles. The number of rotatable bonds is 4. The Kier molecular flexibility index (Phi) is 5.31. The summed E-state index contributed by atoms with van der Waals surface area (Å²) >= 11 is 0. The molecule has 0 amide bonds. The minimum absolute atomic E-state index is 0.0147. The molecular weight excluding hydrogens is 488 g/mol. The van der Waals surface area contributed by atoms with Gasteiger partial charge >= 0.3 is 0 Å². The van der Waals surface area contributed by atoms with Crippen molar-refractivity contribution < 1.29 is 19.7 Å². The number of allylic oxidation sites excluding steroid dienone is 5. The number of fused-ring (bicyclic) bond motifs is 2. The second-order valence-electron chi connectivity index (χ2n) is 11.0. The summed E-state index contributed by atoms with van der Waals surface area (Å²) in [7, 11) is 3.63. The van der Waals surface area contributed by atoms with Gasteiger partial charge in [-0.2, -0.15) is 0 Å². The lowest BCUT2D eigenvalue weighted by Gasteiger charge is -2.37. The van der Waals surface area contributed by atoms with Gasteiger partial charge in [0.1, 0.15) is 0 Å². The third kappa shape index (κ3) is 3.36. The van der Waals surface area contributed by atoms with Crippen LogP contribution in [-0.2, 0) is 15.6 Å². The fourth-order valence-corrected chi connectivity index (χ4v) is 5.92. The summed E-state index contributed by atoms with van der Waals surface area (Å²) in [6.45, 7) is 7.64. The van der Waals surface area contributed by atoms with Gasteiger partial charge < -0.3 is 14.9 Å². The van der Waals surface area contributed by atoms with Crippen molar-refractivity contribution in [3.05, 3.63) is 103 Å². The summed E-state index contributed by atoms with van der Waals surface area (Å²) in [5, 5.41) is 35.9. The number of hydrogen-bond acceptors (Lipinski definition) is 8. The van der Waals surface area contributed by atoms with Crippen molar-refractivity contribution in [2.75, 3.05) is 23.9 Å². The molecule has 10 heteroatoms. The monoisotopic (exact) mass is 515 g/mol. The molecule has 196 valence electrons. The summed E-state index contributed by atoms with van der Waals surface area (Å²) in [5.74, 6) is -1.54. The molecule has 2 aromatic rings. The Hall–Kier alpha value is -4.47. The molecule has 38 heavy (non-hydrogen) atoms. The molecule has 0 spiro atoms. The highest BCUT2D eigenvalue weighted by Gasteiger charge is 2.44. The smallest absolute Gasteiger partial charge is 0.269 e. The van der Waals surface area contributed by atoms with Crippen LogP contribution in [0.25, 0.3) is 0 Å². The van der Waals surface area contributed by atoms with E-state index < -0.39 is 26.6 Å². The maximum absolute atomic E-state index is 13.3. The number of likely N-dealkylation sites (N-methyl/N-ethyl adjacent to an activating group) is 2. The number of Topliss-reactive ketones (excluding diaryl/α,β-unsaturated/α-hetero) is 1. The quantitative estimate of drug-likeness (QED) is 0.436. The van der Waals surface area contributed by atoms with E-state index in [1.165, 1.54) is 18.2 Å². The van der Waals surface area contributed by atoms with Crippen LogP contribution in [0, 0.1) is 26.1 Å². The highest BCUT2D eigenvalue weighted by atomic mass is 16.6. The lowest BCUT2D eigenvalue weighted by Crippen LogP contribution is -2.38. The van der Waals surface area contributed by atoms with Crippen molar-refractivity contribution in [1.29, 1.82) is 0 Å². The number of ketones is 1. The van der Waals surface area contributed by atoms with Crippen molar-refractivity contribution in [1.82, 2.24) is 0 Å². The van der Waals surface area contributed by atoms with Crippen LogP contribution in [0.3, 0.4) is 0 Å². The van der Waals surface area contributed by atoms with Crippen LogP contribution >= 0.6 is 0 Å². The number of anilines is 2. The molecule has 3 aliphatic rings. The van der Waals surface area contributed by atoms with Crippen molar-refractivity contribution in [3.63, 3.8) is 0 Å². The van der Waals surface area contributed by atoms with Gasteiger partial charge in [-0.05, 0) is 35.4 Å². The van der Waals surface area contributed by atoms with Gasteiger partial charge in [0, 0.05) is 77.5 Å². The van der Waals surface area contributed by atoms with Crippen LogP contribution in [0.15, 0.2) is 71.3 Å². The zero-order valence-electron chi connectivity index (χ0n) is 21.9. The highest BCUT2D eigenvalue weighted by Crippen LogP contribution is 2.51. The summed E-state index contributed by atoms with van der Waals surface area (Å²) in [6, 6.07) is 9.32. The predicted molar refractivity (Wildman–Crippen MR) is 141 cm³/mol. The first kappa shape index (κ1) is 25.2. The largest absolute Gasteiger partial charge is 0.874 e. The molecule has 0 saturated carbocycles. The molecule has 1 unspecified atom stereocenters. The molecule has 0 bridgehead atoms. The average Bonchev–Trinajstić information content (AvgIpc) is 3.17. The molecule has 1 atom stereocenters. The van der Waals surface area contributed by atoms with E-state index in [1.54, 1.807) is 30.4 Å². The van der Waals surface area contributed by atoms with E-state index in [4.69, 9.17) is 0 Å². The number of nitro groups is 2. The Labute approximate surface area is 219 Å². The van der Waals surface area contributed by atoms with Crippen molar-refractivity contribution in [2.24, 2.45) is 5.92 Å². The number of carbonyl (C=O) groups excluding carboxylic acids is 1. The lowest BCUT2D eigenvalue weighted by atomic mass is 9.76. The van der Waals surface area contributed by atoms with E-state index in [9.17, 15) is 30.1 Å². The molecule has 0 radical (unpaired) electrons. The van der Waals surface area contributed by atoms with E-state index in [0.717, 1.165) is 28.2 Å². The third-order valence-electron chi connectivity index (χ3n) is 8.16. The number of hydrogen-bond donors (Lipinski definition) is 0. The minimum atomic E-state index is -0.943. The van der Waals surface area contributed by atoms with Gasteiger partial charge in [-0.3, -0.25) is 25.0 Å². The molecule has 0 N–H and O–H groups in total. The van der Waals surface area contributed by atoms with Crippen LogP contribution in [0.1, 0.15) is 38.8 Å². The maximum Gasteiger partial charge on any atom is 0.269 e. The van der Waals surface area contributed by atoms with E-state index in [-0.39, 0.29) is 28.5 Å². The first-order valence-electron chi connectivity index (χ1n) is 12.1. The second-order valence-corrected chi connectivity index (χ2v) is 11.0. The fourth-order valence-electron chi connectivity index (χ4n) is 5.92. The maximum atomic E-state index is 13.3. The normalized spacial score (nSPS) is 23.1. The van der Waals surface area contributed by atoms with E-state index >= 15 is 0 Å². The van der Waals surface area contributed by atoms with Gasteiger partial charge in [-0.1, -0.05) is 27.7 Å². The standard InChI is InChI=1S/C28H28N4O6/c1-27(2)19-11-15(31(35)36)7-9-21(19)29(5)23(27)13-17-25(33)18(26(17)34)14-24-28(3,4)20-12-16(32(37)38)8-10-22(20)30(24)6/h7-14,17,33H,1-6H3/p-1/b23-13-,24-14-. The van der Waals surface area contributed by atoms with E-state index in [2.05, 4.69) is 0 Å². The number of non-ortho nitro benzene ring substituents is 2. The number of nitro benzene ring substituents is 2. The van der Waals surface area contributed by atoms with E-state index in [1.807, 2.05) is 51.6 Å². The highest BCUT2D eigenvalue weighted by molar-refractivity contribution is 6.09. The zero-order chi connectivity index (χ0) is 27.9. The van der Waals surface area contributed by atoms with Gasteiger partial charge in [0.2, 0.25) is 0 Å². The van der Waals surface area contributed by atoms with Crippen molar-refractivity contribution in [3.8, 4) is 0 Å². The first-order chi connectivity index (χ1) is 17.7. The van der Waals surface area contributed by atoms with Crippen LogP contribution in [0.4, 0.5) is 22.7 Å². The zero-order valence-corrected chi connectivity index (χ0v) is 21.9. The van der Waals surface area contributed by atoms with Gasteiger partial charge in [0.15, 0.2) is 5.78 Å². The van der Waals surface area contributed by atoms with Crippen LogP contribution in [-0.4, -0.2) is 29.7 Å². The molecule has 2 aliphatic heterocycles. The van der Waals surface area contributed by atoms with Gasteiger partial charge in [-0.15, -0.1) is 5.76 Å². The molecular formula is C28H27N4O6-. The van der Waals surface area contributed by atoms with Gasteiger partial charge in [-0.25, -0.2) is 0 Å². The SMILES string of the molecule is CN1/C(=C\C2=C([O-])C(/C=C3\N(C)c4ccc([N+](=O)[O-])cc4C3(C)C)C2=O)C(C)(C)c2cc([N+](=O)[O-])ccc21. The number of benzene rings is 2. The lowest BCUT2D eigenvalue weighted by molar-refractivity contribution is -0.385. The van der Waals surface area contributed by atoms with Crippen LogP contribution in [0.5, 0.6) is 0 Å². The molecule has 0 saturated heterocycles. The molecule has 2 heterocycles. The third-order valence-corrected chi connectivity index (χ3v) is 8.16. The van der Waals surface area contributed by atoms with Crippen molar-refractivity contribution >= 4 is 28.5 Å². The molecule has 0 fully saturated rings. The van der Waals surface area contributed by atoms with E-state index in [0.29, 0.717) is 5.70 Å². The summed E-state index contributed by atoms with van der Waals surface area (Å²) in [5.41, 5.74) is 3.27. The summed E-state index contributed by atoms with van der Waals surface area (Å²) in [6.07, 6.45) is 3.27. The Bertz CT molecular complexity index is 1550. The molecule has 5 rings (SSSR count). The fraction of sp³-hybridized carbons (Fsp3) is 0.321. The Morgan fingerprint density at radius 3 is 1.71 bits per heavy atom. The van der Waals surface area contributed by atoms with Crippen LogP contribution in [0.2, 0.25) is 0 Å². The average molecular weight is 516 g/mol. The Balaban J connectivity index is 1.50. The summed E-state index contributed by atoms with van der Waals surface area (Å²) in [4.78, 5) is 38.7.